The second kappa shape index (κ2) is 16.2. The molecular formula is C18H33NO3. The van der Waals surface area contributed by atoms with Crippen LogP contribution in [0.2, 0.25) is 0 Å². The van der Waals surface area contributed by atoms with Crippen LogP contribution in [0.25, 0.3) is 0 Å². The first kappa shape index (κ1) is 20.8. The number of nitrogens with zero attached hydrogens (tertiary/aromatic N) is 1. The van der Waals surface area contributed by atoms with Crippen molar-refractivity contribution in [2.75, 3.05) is 0 Å². The van der Waals surface area contributed by atoms with Gasteiger partial charge in [-0.25, -0.2) is 0 Å². The molecule has 0 radical (unpaired) electrons. The third-order valence-corrected chi connectivity index (χ3v) is 3.86. The number of carbonyl (C=O) groups is 1. The molecule has 0 aromatic rings. The summed E-state index contributed by atoms with van der Waals surface area (Å²) in [7, 11) is 0. The van der Waals surface area contributed by atoms with Gasteiger partial charge in [0.1, 0.15) is 6.04 Å². The van der Waals surface area contributed by atoms with Crippen LogP contribution in [0.15, 0.2) is 17.3 Å². The Kier molecular flexibility index (Phi) is 15.3. The molecular weight excluding hydrogens is 278 g/mol. The molecule has 0 heterocycles. The summed E-state index contributed by atoms with van der Waals surface area (Å²) in [5.74, 6) is -0.704. The van der Waals surface area contributed by atoms with Crippen molar-refractivity contribution < 1.29 is 9.90 Å². The van der Waals surface area contributed by atoms with Gasteiger partial charge in [0.25, 0.3) is 0 Å². The van der Waals surface area contributed by atoms with Crippen molar-refractivity contribution in [3.05, 3.63) is 17.1 Å². The summed E-state index contributed by atoms with van der Waals surface area (Å²) in [6.07, 6.45) is 17.3. The third-order valence-electron chi connectivity index (χ3n) is 3.86. The van der Waals surface area contributed by atoms with Gasteiger partial charge >= 0.3 is 5.97 Å². The zero-order chi connectivity index (χ0) is 16.5. The lowest BCUT2D eigenvalue weighted by Gasteiger charge is -2.04. The van der Waals surface area contributed by atoms with Gasteiger partial charge in [-0.15, -0.1) is 0 Å². The molecule has 0 aromatic heterocycles. The zero-order valence-electron chi connectivity index (χ0n) is 14.1. The topological polar surface area (TPSA) is 66.7 Å². The van der Waals surface area contributed by atoms with E-state index in [9.17, 15) is 9.70 Å². The molecule has 0 bridgehead atoms. The van der Waals surface area contributed by atoms with Crippen molar-refractivity contribution >= 4 is 5.97 Å². The van der Waals surface area contributed by atoms with Crippen molar-refractivity contribution in [2.45, 2.75) is 96.4 Å². The Morgan fingerprint density at radius 1 is 1.00 bits per heavy atom. The van der Waals surface area contributed by atoms with Crippen LogP contribution in [0.4, 0.5) is 0 Å². The minimum atomic E-state index is -0.704. The van der Waals surface area contributed by atoms with E-state index < -0.39 is 5.97 Å². The molecule has 0 saturated carbocycles. The van der Waals surface area contributed by atoms with Gasteiger partial charge in [0.15, 0.2) is 0 Å². The van der Waals surface area contributed by atoms with E-state index in [1.165, 1.54) is 25.7 Å². The van der Waals surface area contributed by atoms with E-state index in [0.717, 1.165) is 51.4 Å². The second-order valence-corrected chi connectivity index (χ2v) is 6.00. The van der Waals surface area contributed by atoms with E-state index in [2.05, 4.69) is 18.2 Å². The molecule has 0 aromatic carbocycles. The Bertz CT molecular complexity index is 303. The number of rotatable bonds is 16. The number of nitroso groups, excluding NO2 is 1. The molecule has 0 spiro atoms. The van der Waals surface area contributed by atoms with Crippen molar-refractivity contribution in [1.29, 1.82) is 0 Å². The van der Waals surface area contributed by atoms with Gasteiger partial charge in [-0.1, -0.05) is 75.6 Å². The lowest BCUT2D eigenvalue weighted by molar-refractivity contribution is -0.137. The molecule has 4 heteroatoms. The minimum absolute atomic E-state index is 0.155. The zero-order valence-corrected chi connectivity index (χ0v) is 14.1. The van der Waals surface area contributed by atoms with Gasteiger partial charge < -0.3 is 5.11 Å². The first-order chi connectivity index (χ1) is 10.7. The highest BCUT2D eigenvalue weighted by Gasteiger charge is 2.03. The van der Waals surface area contributed by atoms with E-state index in [1.807, 2.05) is 6.08 Å². The minimum Gasteiger partial charge on any atom is -0.481 e. The normalized spacial score (nSPS) is 12.6. The first-order valence-electron chi connectivity index (χ1n) is 8.91. The van der Waals surface area contributed by atoms with Gasteiger partial charge in [0.2, 0.25) is 0 Å². The molecule has 0 aliphatic rings. The maximum absolute atomic E-state index is 10.8. The molecule has 0 aliphatic heterocycles. The maximum Gasteiger partial charge on any atom is 0.303 e. The number of unbranched alkanes of at least 4 members (excludes halogenated alkanes) is 9. The fourth-order valence-electron chi connectivity index (χ4n) is 2.46. The van der Waals surface area contributed by atoms with Crippen molar-refractivity contribution in [1.82, 2.24) is 0 Å². The summed E-state index contributed by atoms with van der Waals surface area (Å²) in [6, 6.07) is -0.155. The number of carboxylic acids is 1. The average molecular weight is 311 g/mol. The van der Waals surface area contributed by atoms with Crippen LogP contribution in [0.3, 0.4) is 0 Å². The van der Waals surface area contributed by atoms with Crippen molar-refractivity contribution in [3.8, 4) is 0 Å². The van der Waals surface area contributed by atoms with Crippen LogP contribution in [0.1, 0.15) is 90.4 Å². The Morgan fingerprint density at radius 2 is 1.64 bits per heavy atom. The molecule has 0 amide bonds. The molecule has 0 saturated heterocycles. The fourth-order valence-corrected chi connectivity index (χ4v) is 2.46. The van der Waals surface area contributed by atoms with Crippen LogP contribution >= 0.6 is 0 Å². The monoisotopic (exact) mass is 311 g/mol. The van der Waals surface area contributed by atoms with E-state index in [0.29, 0.717) is 0 Å². The number of hydrogen-bond acceptors (Lipinski definition) is 3. The van der Waals surface area contributed by atoms with Gasteiger partial charge in [-0.05, 0) is 25.7 Å². The van der Waals surface area contributed by atoms with Gasteiger partial charge in [0.05, 0.1) is 0 Å². The van der Waals surface area contributed by atoms with Crippen LogP contribution < -0.4 is 0 Å². The molecule has 1 unspecified atom stereocenters. The number of aliphatic carboxylic acids is 1. The lowest BCUT2D eigenvalue weighted by Crippen LogP contribution is -1.98. The second-order valence-electron chi connectivity index (χ2n) is 6.00. The van der Waals surface area contributed by atoms with Crippen molar-refractivity contribution in [3.63, 3.8) is 0 Å². The van der Waals surface area contributed by atoms with Gasteiger partial charge in [0, 0.05) is 6.42 Å². The summed E-state index contributed by atoms with van der Waals surface area (Å²) in [4.78, 5) is 21.1. The van der Waals surface area contributed by atoms with Crippen LogP contribution in [0, 0.1) is 4.91 Å². The predicted molar refractivity (Wildman–Crippen MR) is 92.1 cm³/mol. The SMILES string of the molecule is CCCCCCCC(/C=C/CCCCCCCC(=O)O)N=O. The Hall–Kier alpha value is -1.19. The maximum atomic E-state index is 10.8. The Morgan fingerprint density at radius 3 is 2.32 bits per heavy atom. The number of carboxylic acid groups (broad SMARTS) is 1. The average Bonchev–Trinajstić information content (AvgIpc) is 2.50. The summed E-state index contributed by atoms with van der Waals surface area (Å²) in [6.45, 7) is 2.20. The Balaban J connectivity index is 3.47. The summed E-state index contributed by atoms with van der Waals surface area (Å²) in [5.41, 5.74) is 0. The molecule has 1 N–H and O–H groups in total. The molecule has 0 rings (SSSR count). The van der Waals surface area contributed by atoms with E-state index in [-0.39, 0.29) is 12.5 Å². The van der Waals surface area contributed by atoms with E-state index in [1.54, 1.807) is 0 Å². The summed E-state index contributed by atoms with van der Waals surface area (Å²) < 4.78 is 0. The fraction of sp³-hybridized carbons (Fsp3) is 0.833. The largest absolute Gasteiger partial charge is 0.481 e. The summed E-state index contributed by atoms with van der Waals surface area (Å²) >= 11 is 0. The van der Waals surface area contributed by atoms with Crippen LogP contribution in [-0.4, -0.2) is 17.1 Å². The highest BCUT2D eigenvalue weighted by atomic mass is 16.4. The van der Waals surface area contributed by atoms with Gasteiger partial charge in [-0.3, -0.25) is 4.79 Å². The Labute approximate surface area is 135 Å². The highest BCUT2D eigenvalue weighted by molar-refractivity contribution is 5.66. The van der Waals surface area contributed by atoms with Crippen LogP contribution in [-0.2, 0) is 4.79 Å². The highest BCUT2D eigenvalue weighted by Crippen LogP contribution is 2.12. The molecule has 22 heavy (non-hydrogen) atoms. The molecule has 128 valence electrons. The van der Waals surface area contributed by atoms with E-state index >= 15 is 0 Å². The molecule has 0 fully saturated rings. The smallest absolute Gasteiger partial charge is 0.303 e. The van der Waals surface area contributed by atoms with Gasteiger partial charge in [-0.2, -0.15) is 4.91 Å². The predicted octanol–water partition coefficient (Wildman–Crippen LogP) is 5.85. The standard InChI is InChI=1S/C18H33NO3/c1-2-3-4-8-11-14-17(19-22)15-12-9-6-5-7-10-13-16-18(20)21/h12,15,17H,2-11,13-14,16H2,1H3,(H,20,21)/b15-12+. The summed E-state index contributed by atoms with van der Waals surface area (Å²) in [5, 5.41) is 11.7. The quantitative estimate of drug-likeness (QED) is 0.221. The number of hydrogen-bond donors (Lipinski definition) is 1. The number of allylic oxidation sites excluding steroid dienone is 1. The molecule has 0 aliphatic carbocycles. The third kappa shape index (κ3) is 15.2. The van der Waals surface area contributed by atoms with Crippen LogP contribution in [0.5, 0.6) is 0 Å². The molecule has 1 atom stereocenters. The van der Waals surface area contributed by atoms with Crippen molar-refractivity contribution in [2.24, 2.45) is 5.18 Å². The molecule has 4 nitrogen and oxygen atoms in total. The first-order valence-corrected chi connectivity index (χ1v) is 8.91. The van der Waals surface area contributed by atoms with E-state index in [4.69, 9.17) is 5.11 Å². The lowest BCUT2D eigenvalue weighted by atomic mass is 10.1.